The van der Waals surface area contributed by atoms with Crippen molar-refractivity contribution in [2.75, 3.05) is 6.54 Å². The van der Waals surface area contributed by atoms with Gasteiger partial charge in [-0.3, -0.25) is 0 Å². The predicted octanol–water partition coefficient (Wildman–Crippen LogP) is 2.25. The van der Waals surface area contributed by atoms with Crippen molar-refractivity contribution >= 4 is 0 Å². The van der Waals surface area contributed by atoms with Gasteiger partial charge >= 0.3 is 0 Å². The van der Waals surface area contributed by atoms with E-state index in [-0.39, 0.29) is 0 Å². The second-order valence-electron chi connectivity index (χ2n) is 3.31. The minimum Gasteiger partial charge on any atom is -0.330 e. The maximum atomic E-state index is 5.60. The van der Waals surface area contributed by atoms with Crippen LogP contribution < -0.4 is 5.73 Å². The average molecular weight is 151 g/mol. The summed E-state index contributed by atoms with van der Waals surface area (Å²) >= 11 is 0. The van der Waals surface area contributed by atoms with E-state index in [4.69, 9.17) is 5.73 Å². The molecule has 1 atom stereocenters. The first-order valence-corrected chi connectivity index (χ1v) is 4.32. The molecule has 1 unspecified atom stereocenters. The third-order valence-corrected chi connectivity index (χ3v) is 2.36. The normalized spacial score (nSPS) is 20.6. The summed E-state index contributed by atoms with van der Waals surface area (Å²) < 4.78 is 0. The molecule has 0 aromatic heterocycles. The molecule has 0 aliphatic heterocycles. The maximum absolute atomic E-state index is 5.60. The van der Waals surface area contributed by atoms with E-state index in [1.807, 2.05) is 0 Å². The Bertz CT molecular complexity index is 189. The third kappa shape index (κ3) is 1.93. The van der Waals surface area contributed by atoms with E-state index in [0.29, 0.717) is 5.92 Å². The molecular weight excluding hydrogens is 134 g/mol. The minimum absolute atomic E-state index is 0.534. The Kier molecular flexibility index (Phi) is 2.89. The average Bonchev–Trinajstić information content (AvgIpc) is 2.04. The van der Waals surface area contributed by atoms with Crippen LogP contribution >= 0.6 is 0 Å². The Hall–Kier alpha value is -0.560. The minimum atomic E-state index is 0.534. The van der Waals surface area contributed by atoms with Crippen LogP contribution in [0.1, 0.15) is 26.7 Å². The second-order valence-corrected chi connectivity index (χ2v) is 3.31. The standard InChI is InChI=1S/C10H17N/c1-8-5-3-4-6-10(8)9(2)7-11/h4,6,9H,3,5,7,11H2,1-2H3. The van der Waals surface area contributed by atoms with Gasteiger partial charge in [0, 0.05) is 0 Å². The van der Waals surface area contributed by atoms with Gasteiger partial charge in [0.2, 0.25) is 0 Å². The number of rotatable bonds is 2. The van der Waals surface area contributed by atoms with Crippen molar-refractivity contribution < 1.29 is 0 Å². The summed E-state index contributed by atoms with van der Waals surface area (Å²) in [6, 6.07) is 0. The van der Waals surface area contributed by atoms with E-state index >= 15 is 0 Å². The molecule has 1 nitrogen and oxygen atoms in total. The van der Waals surface area contributed by atoms with E-state index < -0.39 is 0 Å². The van der Waals surface area contributed by atoms with Gasteiger partial charge in [-0.2, -0.15) is 0 Å². The van der Waals surface area contributed by atoms with Crippen LogP contribution in [0.5, 0.6) is 0 Å². The molecule has 1 aliphatic carbocycles. The quantitative estimate of drug-likeness (QED) is 0.643. The van der Waals surface area contributed by atoms with Gasteiger partial charge in [-0.15, -0.1) is 0 Å². The molecule has 0 aromatic carbocycles. The molecule has 1 rings (SSSR count). The van der Waals surface area contributed by atoms with Crippen molar-refractivity contribution in [1.82, 2.24) is 0 Å². The molecule has 62 valence electrons. The molecule has 0 bridgehead atoms. The molecule has 11 heavy (non-hydrogen) atoms. The zero-order valence-corrected chi connectivity index (χ0v) is 7.43. The first-order chi connectivity index (χ1) is 5.25. The van der Waals surface area contributed by atoms with E-state index in [1.165, 1.54) is 24.0 Å². The van der Waals surface area contributed by atoms with Crippen LogP contribution in [0.2, 0.25) is 0 Å². The van der Waals surface area contributed by atoms with Crippen LogP contribution in [-0.2, 0) is 0 Å². The first-order valence-electron chi connectivity index (χ1n) is 4.32. The topological polar surface area (TPSA) is 26.0 Å². The Morgan fingerprint density at radius 2 is 2.36 bits per heavy atom. The number of hydrogen-bond acceptors (Lipinski definition) is 1. The van der Waals surface area contributed by atoms with Crippen molar-refractivity contribution in [1.29, 1.82) is 0 Å². The molecule has 0 saturated carbocycles. The number of nitrogens with two attached hydrogens (primary N) is 1. The van der Waals surface area contributed by atoms with Crippen molar-refractivity contribution in [3.63, 3.8) is 0 Å². The Morgan fingerprint density at radius 3 is 2.91 bits per heavy atom. The van der Waals surface area contributed by atoms with Crippen molar-refractivity contribution in [2.24, 2.45) is 11.7 Å². The monoisotopic (exact) mass is 151 g/mol. The van der Waals surface area contributed by atoms with Crippen LogP contribution in [0.15, 0.2) is 23.3 Å². The maximum Gasteiger partial charge on any atom is -0.00109 e. The van der Waals surface area contributed by atoms with Gasteiger partial charge in [0.15, 0.2) is 0 Å². The van der Waals surface area contributed by atoms with Crippen molar-refractivity contribution in [3.8, 4) is 0 Å². The fraction of sp³-hybridized carbons (Fsp3) is 0.600. The zero-order valence-electron chi connectivity index (χ0n) is 7.43. The molecular formula is C10H17N. The smallest absolute Gasteiger partial charge is 0.00109 e. The molecule has 1 aliphatic rings. The van der Waals surface area contributed by atoms with Gasteiger partial charge in [0.25, 0.3) is 0 Å². The highest BCUT2D eigenvalue weighted by atomic mass is 14.5. The Balaban J connectivity index is 2.75. The largest absolute Gasteiger partial charge is 0.330 e. The summed E-state index contributed by atoms with van der Waals surface area (Å²) in [5.74, 6) is 0.534. The summed E-state index contributed by atoms with van der Waals surface area (Å²) in [6.45, 7) is 5.16. The lowest BCUT2D eigenvalue weighted by atomic mass is 9.90. The Morgan fingerprint density at radius 1 is 1.64 bits per heavy atom. The molecule has 2 N–H and O–H groups in total. The van der Waals surface area contributed by atoms with Gasteiger partial charge in [-0.1, -0.05) is 24.6 Å². The highest BCUT2D eigenvalue weighted by molar-refractivity contribution is 5.30. The van der Waals surface area contributed by atoms with Crippen LogP contribution in [0.3, 0.4) is 0 Å². The highest BCUT2D eigenvalue weighted by Gasteiger charge is 2.09. The number of hydrogen-bond donors (Lipinski definition) is 1. The molecule has 1 heteroatoms. The van der Waals surface area contributed by atoms with Crippen molar-refractivity contribution in [2.45, 2.75) is 26.7 Å². The molecule has 0 amide bonds. The Labute approximate surface area is 69.0 Å². The van der Waals surface area contributed by atoms with E-state index in [0.717, 1.165) is 6.54 Å². The van der Waals surface area contributed by atoms with Gasteiger partial charge in [0.05, 0.1) is 0 Å². The lowest BCUT2D eigenvalue weighted by molar-refractivity contribution is 0.688. The lowest BCUT2D eigenvalue weighted by Crippen LogP contribution is -2.14. The van der Waals surface area contributed by atoms with Gasteiger partial charge in [0.1, 0.15) is 0 Å². The van der Waals surface area contributed by atoms with E-state index in [1.54, 1.807) is 0 Å². The summed E-state index contributed by atoms with van der Waals surface area (Å²) in [4.78, 5) is 0. The lowest BCUT2D eigenvalue weighted by Gasteiger charge is -2.17. The molecule has 0 aromatic rings. The van der Waals surface area contributed by atoms with Gasteiger partial charge in [-0.25, -0.2) is 0 Å². The van der Waals surface area contributed by atoms with Crippen LogP contribution in [-0.4, -0.2) is 6.54 Å². The summed E-state index contributed by atoms with van der Waals surface area (Å²) in [6.07, 6.45) is 6.90. The molecule has 0 fully saturated rings. The summed E-state index contributed by atoms with van der Waals surface area (Å²) in [7, 11) is 0. The van der Waals surface area contributed by atoms with Crippen LogP contribution in [0.25, 0.3) is 0 Å². The third-order valence-electron chi connectivity index (χ3n) is 2.36. The van der Waals surface area contributed by atoms with Crippen molar-refractivity contribution in [3.05, 3.63) is 23.3 Å². The van der Waals surface area contributed by atoms with Gasteiger partial charge < -0.3 is 5.73 Å². The van der Waals surface area contributed by atoms with E-state index in [2.05, 4.69) is 26.0 Å². The fourth-order valence-electron chi connectivity index (χ4n) is 1.51. The van der Waals surface area contributed by atoms with Crippen LogP contribution in [0.4, 0.5) is 0 Å². The molecule has 0 radical (unpaired) electrons. The molecule has 0 saturated heterocycles. The zero-order chi connectivity index (χ0) is 8.27. The molecule has 0 spiro atoms. The summed E-state index contributed by atoms with van der Waals surface area (Å²) in [5, 5.41) is 0. The van der Waals surface area contributed by atoms with E-state index in [9.17, 15) is 0 Å². The predicted molar refractivity (Wildman–Crippen MR) is 49.3 cm³/mol. The van der Waals surface area contributed by atoms with Gasteiger partial charge in [-0.05, 0) is 37.8 Å². The molecule has 0 heterocycles. The summed E-state index contributed by atoms with van der Waals surface area (Å²) in [5.41, 5.74) is 8.57. The first kappa shape index (κ1) is 8.54. The second kappa shape index (κ2) is 3.72. The number of allylic oxidation sites excluding steroid dienone is 3. The highest BCUT2D eigenvalue weighted by Crippen LogP contribution is 2.23. The van der Waals surface area contributed by atoms with Crippen LogP contribution in [0, 0.1) is 5.92 Å². The SMILES string of the molecule is CC1=C(C(C)CN)C=CCC1. The fourth-order valence-corrected chi connectivity index (χ4v) is 1.51.